The van der Waals surface area contributed by atoms with Gasteiger partial charge in [0.25, 0.3) is 0 Å². The summed E-state index contributed by atoms with van der Waals surface area (Å²) >= 11 is 3.52. The number of nitrogens with two attached hydrogens (primary N) is 1. The van der Waals surface area contributed by atoms with E-state index in [2.05, 4.69) is 20.9 Å². The second-order valence-electron chi connectivity index (χ2n) is 4.05. The molecule has 1 aromatic heterocycles. The Morgan fingerprint density at radius 3 is 2.64 bits per heavy atom. The average Bonchev–Trinajstić information content (AvgIpc) is 2.19. The number of aromatic nitrogens is 1. The molecule has 0 bridgehead atoms. The summed E-state index contributed by atoms with van der Waals surface area (Å²) in [5, 5.41) is 0. The third-order valence-corrected chi connectivity index (χ3v) is 3.62. The zero-order valence-electron chi connectivity index (χ0n) is 8.17. The molecule has 1 aliphatic rings. The Bertz CT molecular complexity index is 319. The van der Waals surface area contributed by atoms with Crippen LogP contribution in [-0.2, 0) is 5.54 Å². The summed E-state index contributed by atoms with van der Waals surface area (Å²) < 4.78 is 1.05. The molecule has 76 valence electrons. The molecule has 2 N–H and O–H groups in total. The van der Waals surface area contributed by atoms with Crippen molar-refractivity contribution in [3.8, 4) is 0 Å². The van der Waals surface area contributed by atoms with Gasteiger partial charge in [0.2, 0.25) is 0 Å². The molecule has 14 heavy (non-hydrogen) atoms. The summed E-state index contributed by atoms with van der Waals surface area (Å²) in [4.78, 5) is 4.40. The van der Waals surface area contributed by atoms with E-state index in [4.69, 9.17) is 5.73 Å². The molecule has 1 saturated carbocycles. The van der Waals surface area contributed by atoms with Crippen molar-refractivity contribution in [1.82, 2.24) is 4.98 Å². The van der Waals surface area contributed by atoms with Crippen LogP contribution in [0.4, 0.5) is 0 Å². The van der Waals surface area contributed by atoms with Gasteiger partial charge < -0.3 is 5.73 Å². The fourth-order valence-corrected chi connectivity index (χ4v) is 2.82. The Balaban J connectivity index is 2.32. The van der Waals surface area contributed by atoms with Crippen LogP contribution in [0.2, 0.25) is 0 Å². The molecule has 0 spiro atoms. The summed E-state index contributed by atoms with van der Waals surface area (Å²) in [5.74, 6) is 0. The molecule has 1 aliphatic carbocycles. The Kier molecular flexibility index (Phi) is 2.88. The standard InChI is InChI=1S/C11H15BrN2/c12-9-5-4-8-14-10(9)11(13)6-2-1-3-7-11/h4-5,8H,1-3,6-7,13H2. The molecule has 2 rings (SSSR count). The fourth-order valence-electron chi connectivity index (χ4n) is 2.17. The Morgan fingerprint density at radius 2 is 2.00 bits per heavy atom. The van der Waals surface area contributed by atoms with Crippen molar-refractivity contribution in [3.05, 3.63) is 28.5 Å². The van der Waals surface area contributed by atoms with E-state index < -0.39 is 0 Å². The Morgan fingerprint density at radius 1 is 1.29 bits per heavy atom. The Hall–Kier alpha value is -0.410. The lowest BCUT2D eigenvalue weighted by Crippen LogP contribution is -2.39. The van der Waals surface area contributed by atoms with Gasteiger partial charge in [-0.1, -0.05) is 19.3 Å². The van der Waals surface area contributed by atoms with Crippen LogP contribution in [0.5, 0.6) is 0 Å². The SMILES string of the molecule is NC1(c2ncccc2Br)CCCCC1. The van der Waals surface area contributed by atoms with Crippen LogP contribution in [0.1, 0.15) is 37.8 Å². The minimum absolute atomic E-state index is 0.196. The highest BCUT2D eigenvalue weighted by Gasteiger charge is 2.32. The molecule has 1 fully saturated rings. The monoisotopic (exact) mass is 254 g/mol. The van der Waals surface area contributed by atoms with E-state index in [0.29, 0.717) is 0 Å². The van der Waals surface area contributed by atoms with Crippen LogP contribution < -0.4 is 5.73 Å². The first-order valence-corrected chi connectivity index (χ1v) is 5.91. The quantitative estimate of drug-likeness (QED) is 0.837. The second kappa shape index (κ2) is 3.99. The lowest BCUT2D eigenvalue weighted by atomic mass is 9.80. The van der Waals surface area contributed by atoms with Gasteiger partial charge >= 0.3 is 0 Å². The zero-order valence-corrected chi connectivity index (χ0v) is 9.76. The molecule has 0 saturated heterocycles. The third-order valence-electron chi connectivity index (χ3n) is 2.98. The molecule has 0 atom stereocenters. The molecule has 0 aliphatic heterocycles. The lowest BCUT2D eigenvalue weighted by Gasteiger charge is -2.33. The summed E-state index contributed by atoms with van der Waals surface area (Å²) in [6.07, 6.45) is 7.69. The van der Waals surface area contributed by atoms with Crippen LogP contribution in [0, 0.1) is 0 Å². The lowest BCUT2D eigenvalue weighted by molar-refractivity contribution is 0.294. The Labute approximate surface area is 93.0 Å². The topological polar surface area (TPSA) is 38.9 Å². The van der Waals surface area contributed by atoms with Crippen LogP contribution >= 0.6 is 15.9 Å². The maximum absolute atomic E-state index is 6.39. The van der Waals surface area contributed by atoms with E-state index in [9.17, 15) is 0 Å². The highest BCUT2D eigenvalue weighted by molar-refractivity contribution is 9.10. The molecule has 0 aromatic carbocycles. The van der Waals surface area contributed by atoms with E-state index in [-0.39, 0.29) is 5.54 Å². The first-order valence-electron chi connectivity index (χ1n) is 5.12. The molecule has 0 radical (unpaired) electrons. The summed E-state index contributed by atoms with van der Waals surface area (Å²) in [5.41, 5.74) is 7.22. The fraction of sp³-hybridized carbons (Fsp3) is 0.545. The van der Waals surface area contributed by atoms with Crippen LogP contribution in [0.15, 0.2) is 22.8 Å². The van der Waals surface area contributed by atoms with Crippen LogP contribution in [0.3, 0.4) is 0 Å². The normalized spacial score (nSPS) is 20.7. The van der Waals surface area contributed by atoms with Crippen molar-refractivity contribution in [2.75, 3.05) is 0 Å². The van der Waals surface area contributed by atoms with Crippen LogP contribution in [0.25, 0.3) is 0 Å². The summed E-state index contributed by atoms with van der Waals surface area (Å²) in [6.45, 7) is 0. The molecule has 1 aromatic rings. The smallest absolute Gasteiger partial charge is 0.0744 e. The van der Waals surface area contributed by atoms with E-state index in [1.807, 2.05) is 18.3 Å². The number of pyridine rings is 1. The van der Waals surface area contributed by atoms with Crippen molar-refractivity contribution >= 4 is 15.9 Å². The van der Waals surface area contributed by atoms with Crippen molar-refractivity contribution in [2.45, 2.75) is 37.6 Å². The third kappa shape index (κ3) is 1.84. The molecular weight excluding hydrogens is 240 g/mol. The van der Waals surface area contributed by atoms with Crippen molar-refractivity contribution < 1.29 is 0 Å². The number of halogens is 1. The molecule has 1 heterocycles. The van der Waals surface area contributed by atoms with Gasteiger partial charge in [0.1, 0.15) is 0 Å². The molecular formula is C11H15BrN2. The number of nitrogens with zero attached hydrogens (tertiary/aromatic N) is 1. The predicted molar refractivity (Wildman–Crippen MR) is 60.9 cm³/mol. The highest BCUT2D eigenvalue weighted by Crippen LogP contribution is 2.36. The van der Waals surface area contributed by atoms with Gasteiger partial charge in [0.15, 0.2) is 0 Å². The van der Waals surface area contributed by atoms with Gasteiger partial charge in [-0.05, 0) is 40.9 Å². The van der Waals surface area contributed by atoms with Gasteiger partial charge in [-0.25, -0.2) is 0 Å². The average molecular weight is 255 g/mol. The maximum Gasteiger partial charge on any atom is 0.0744 e. The zero-order chi connectivity index (χ0) is 10.0. The largest absolute Gasteiger partial charge is 0.320 e. The van der Waals surface area contributed by atoms with Crippen molar-refractivity contribution in [1.29, 1.82) is 0 Å². The van der Waals surface area contributed by atoms with E-state index in [1.165, 1.54) is 19.3 Å². The van der Waals surface area contributed by atoms with Crippen molar-refractivity contribution in [2.24, 2.45) is 5.73 Å². The summed E-state index contributed by atoms with van der Waals surface area (Å²) in [7, 11) is 0. The number of rotatable bonds is 1. The number of hydrogen-bond donors (Lipinski definition) is 1. The van der Waals surface area contributed by atoms with Gasteiger partial charge in [0, 0.05) is 10.7 Å². The molecule has 2 nitrogen and oxygen atoms in total. The summed E-state index contributed by atoms with van der Waals surface area (Å²) in [6, 6.07) is 3.95. The first-order chi connectivity index (χ1) is 6.72. The molecule has 0 unspecified atom stereocenters. The van der Waals surface area contributed by atoms with E-state index in [0.717, 1.165) is 23.0 Å². The number of hydrogen-bond acceptors (Lipinski definition) is 2. The highest BCUT2D eigenvalue weighted by atomic mass is 79.9. The van der Waals surface area contributed by atoms with E-state index >= 15 is 0 Å². The van der Waals surface area contributed by atoms with Gasteiger partial charge in [-0.3, -0.25) is 4.98 Å². The maximum atomic E-state index is 6.39. The van der Waals surface area contributed by atoms with Gasteiger partial charge in [-0.2, -0.15) is 0 Å². The molecule has 3 heteroatoms. The second-order valence-corrected chi connectivity index (χ2v) is 4.90. The minimum Gasteiger partial charge on any atom is -0.320 e. The first kappa shape index (κ1) is 10.1. The van der Waals surface area contributed by atoms with Crippen LogP contribution in [-0.4, -0.2) is 4.98 Å². The van der Waals surface area contributed by atoms with Crippen molar-refractivity contribution in [3.63, 3.8) is 0 Å². The molecule has 0 amide bonds. The van der Waals surface area contributed by atoms with Gasteiger partial charge in [0.05, 0.1) is 11.2 Å². The van der Waals surface area contributed by atoms with E-state index in [1.54, 1.807) is 0 Å². The predicted octanol–water partition coefficient (Wildman–Crippen LogP) is 2.96. The van der Waals surface area contributed by atoms with Gasteiger partial charge in [-0.15, -0.1) is 0 Å². The minimum atomic E-state index is -0.196.